The molecular weight excluding hydrogens is 208 g/mol. The molecule has 2 aromatic rings. The lowest BCUT2D eigenvalue weighted by atomic mass is 10.2. The van der Waals surface area contributed by atoms with Gasteiger partial charge >= 0.3 is 0 Å². The van der Waals surface area contributed by atoms with Crippen LogP contribution in [0, 0.1) is 6.92 Å². The summed E-state index contributed by atoms with van der Waals surface area (Å²) >= 11 is 0. The first-order valence-electron chi connectivity index (χ1n) is 4.82. The monoisotopic (exact) mass is 220 g/mol. The van der Waals surface area contributed by atoms with Crippen LogP contribution >= 0.6 is 0 Å². The molecule has 0 fully saturated rings. The maximum Gasteiger partial charge on any atom is 0.260 e. The first kappa shape index (κ1) is 10.5. The lowest BCUT2D eigenvalue weighted by Gasteiger charge is -2.07. The van der Waals surface area contributed by atoms with Crippen LogP contribution in [0.3, 0.4) is 0 Å². The summed E-state index contributed by atoms with van der Waals surface area (Å²) < 4.78 is 6.40. The van der Waals surface area contributed by atoms with Gasteiger partial charge in [-0.2, -0.15) is 0 Å². The molecule has 0 radical (unpaired) electrons. The van der Waals surface area contributed by atoms with E-state index >= 15 is 0 Å². The molecule has 0 unspecified atom stereocenters. The molecular formula is C11H12N2O3. The minimum Gasteiger partial charge on any atom is -0.482 e. The predicted octanol–water partition coefficient (Wildman–Crippen LogP) is 0.544. The summed E-state index contributed by atoms with van der Waals surface area (Å²) in [5, 5.41) is 0.486. The smallest absolute Gasteiger partial charge is 0.260 e. The number of ether oxygens (including phenoxy) is 1. The number of hydrogen-bond donors (Lipinski definition) is 1. The molecule has 2 heterocycles. The van der Waals surface area contributed by atoms with Crippen LogP contribution in [0.1, 0.15) is 5.56 Å². The van der Waals surface area contributed by atoms with Crippen LogP contribution in [0.4, 0.5) is 0 Å². The lowest BCUT2D eigenvalue weighted by molar-refractivity contribution is 0.397. The van der Waals surface area contributed by atoms with E-state index in [2.05, 4.69) is 4.98 Å². The fourth-order valence-corrected chi connectivity index (χ4v) is 1.71. The Kier molecular flexibility index (Phi) is 2.30. The summed E-state index contributed by atoms with van der Waals surface area (Å²) in [6, 6.07) is 3.23. The molecule has 1 N–H and O–H groups in total. The number of hydrogen-bond acceptors (Lipinski definition) is 3. The second kappa shape index (κ2) is 3.52. The Morgan fingerprint density at radius 3 is 2.62 bits per heavy atom. The van der Waals surface area contributed by atoms with Gasteiger partial charge in [0.1, 0.15) is 0 Å². The van der Waals surface area contributed by atoms with Gasteiger partial charge in [-0.1, -0.05) is 0 Å². The number of rotatable bonds is 1. The first-order valence-corrected chi connectivity index (χ1v) is 4.82. The van der Waals surface area contributed by atoms with Crippen LogP contribution in [-0.4, -0.2) is 16.7 Å². The number of pyridine rings is 2. The van der Waals surface area contributed by atoms with Gasteiger partial charge in [-0.15, -0.1) is 0 Å². The van der Waals surface area contributed by atoms with Gasteiger partial charge < -0.3 is 9.30 Å². The number of methoxy groups -OCH3 is 1. The molecule has 16 heavy (non-hydrogen) atoms. The van der Waals surface area contributed by atoms with Crippen molar-refractivity contribution in [1.29, 1.82) is 0 Å². The SMILES string of the molecule is COc1cc2c(cc(C)c(=O)n2C)c(=O)[nH]1. The van der Waals surface area contributed by atoms with Crippen molar-refractivity contribution in [3.8, 4) is 5.88 Å². The highest BCUT2D eigenvalue weighted by Crippen LogP contribution is 2.13. The minimum atomic E-state index is -0.256. The fraction of sp³-hybridized carbons (Fsp3) is 0.273. The summed E-state index contributed by atoms with van der Waals surface area (Å²) in [5.41, 5.74) is 0.745. The molecule has 5 nitrogen and oxygen atoms in total. The molecule has 2 aromatic heterocycles. The van der Waals surface area contributed by atoms with Gasteiger partial charge in [-0.05, 0) is 13.0 Å². The maximum atomic E-state index is 11.7. The number of nitrogens with zero attached hydrogens (tertiary/aromatic N) is 1. The topological polar surface area (TPSA) is 64.1 Å². The molecule has 84 valence electrons. The van der Waals surface area contributed by atoms with E-state index < -0.39 is 0 Å². The van der Waals surface area contributed by atoms with Crippen molar-refractivity contribution >= 4 is 10.9 Å². The Hall–Kier alpha value is -2.04. The first-order chi connectivity index (χ1) is 7.54. The number of aryl methyl sites for hydroxylation is 2. The van der Waals surface area contributed by atoms with Crippen molar-refractivity contribution in [2.75, 3.05) is 7.11 Å². The van der Waals surface area contributed by atoms with Gasteiger partial charge in [0.15, 0.2) is 5.88 Å². The van der Waals surface area contributed by atoms with E-state index in [1.807, 2.05) is 0 Å². The molecule has 0 saturated carbocycles. The van der Waals surface area contributed by atoms with Crippen LogP contribution in [-0.2, 0) is 7.05 Å². The molecule has 0 aliphatic rings. The van der Waals surface area contributed by atoms with E-state index in [0.29, 0.717) is 22.3 Å². The van der Waals surface area contributed by atoms with Crippen LogP contribution in [0.2, 0.25) is 0 Å². The largest absolute Gasteiger partial charge is 0.482 e. The van der Waals surface area contributed by atoms with E-state index in [-0.39, 0.29) is 11.1 Å². The van der Waals surface area contributed by atoms with E-state index in [4.69, 9.17) is 4.74 Å². The molecule has 0 aliphatic heterocycles. The van der Waals surface area contributed by atoms with Crippen LogP contribution in [0.25, 0.3) is 10.9 Å². The van der Waals surface area contributed by atoms with Crippen molar-refractivity contribution in [1.82, 2.24) is 9.55 Å². The van der Waals surface area contributed by atoms with Crippen LogP contribution in [0.15, 0.2) is 21.7 Å². The quantitative estimate of drug-likeness (QED) is 0.763. The minimum absolute atomic E-state index is 0.111. The zero-order valence-electron chi connectivity index (χ0n) is 9.33. The van der Waals surface area contributed by atoms with Crippen molar-refractivity contribution < 1.29 is 4.74 Å². The van der Waals surface area contributed by atoms with Gasteiger partial charge in [0.25, 0.3) is 11.1 Å². The number of aromatic nitrogens is 2. The maximum absolute atomic E-state index is 11.7. The molecule has 0 saturated heterocycles. The molecule has 0 aromatic carbocycles. The average Bonchev–Trinajstić information content (AvgIpc) is 2.27. The third-order valence-corrected chi connectivity index (χ3v) is 2.61. The second-order valence-electron chi connectivity index (χ2n) is 3.66. The lowest BCUT2D eigenvalue weighted by Crippen LogP contribution is -2.22. The summed E-state index contributed by atoms with van der Waals surface area (Å²) in [7, 11) is 3.10. The number of nitrogens with one attached hydrogen (secondary N) is 1. The van der Waals surface area contributed by atoms with Crippen molar-refractivity contribution in [2.24, 2.45) is 7.05 Å². The number of H-pyrrole nitrogens is 1. The van der Waals surface area contributed by atoms with E-state index in [9.17, 15) is 9.59 Å². The third kappa shape index (κ3) is 1.41. The van der Waals surface area contributed by atoms with Crippen LogP contribution in [0.5, 0.6) is 5.88 Å². The Labute approximate surface area is 91.3 Å². The molecule has 0 amide bonds. The molecule has 0 aliphatic carbocycles. The van der Waals surface area contributed by atoms with E-state index in [1.165, 1.54) is 11.7 Å². The normalized spacial score (nSPS) is 10.7. The predicted molar refractivity (Wildman–Crippen MR) is 61.1 cm³/mol. The van der Waals surface area contributed by atoms with Gasteiger partial charge in [-0.3, -0.25) is 14.6 Å². The molecule has 2 rings (SSSR count). The van der Waals surface area contributed by atoms with Crippen LogP contribution < -0.4 is 15.9 Å². The molecule has 0 spiro atoms. The van der Waals surface area contributed by atoms with Crippen molar-refractivity contribution in [2.45, 2.75) is 6.92 Å². The van der Waals surface area contributed by atoms with Gasteiger partial charge in [-0.25, -0.2) is 0 Å². The summed E-state index contributed by atoms with van der Waals surface area (Å²) in [6.45, 7) is 1.69. The Morgan fingerprint density at radius 2 is 2.00 bits per heavy atom. The zero-order chi connectivity index (χ0) is 11.9. The molecule has 5 heteroatoms. The summed E-state index contributed by atoms with van der Waals surface area (Å²) in [5.74, 6) is 0.344. The zero-order valence-corrected chi connectivity index (χ0v) is 9.33. The van der Waals surface area contributed by atoms with E-state index in [0.717, 1.165) is 0 Å². The highest BCUT2D eigenvalue weighted by Gasteiger charge is 2.08. The van der Waals surface area contributed by atoms with Crippen molar-refractivity contribution in [3.05, 3.63) is 38.4 Å². The van der Waals surface area contributed by atoms with Gasteiger partial charge in [0, 0.05) is 18.7 Å². The summed E-state index contributed by atoms with van der Waals surface area (Å²) in [4.78, 5) is 26.0. The summed E-state index contributed by atoms with van der Waals surface area (Å²) in [6.07, 6.45) is 0. The van der Waals surface area contributed by atoms with Gasteiger partial charge in [0.2, 0.25) is 0 Å². The van der Waals surface area contributed by atoms with Gasteiger partial charge in [0.05, 0.1) is 18.0 Å². The number of fused-ring (bicyclic) bond motifs is 1. The third-order valence-electron chi connectivity index (χ3n) is 2.61. The molecule has 0 bridgehead atoms. The molecule has 0 atom stereocenters. The Bertz CT molecular complexity index is 667. The highest BCUT2D eigenvalue weighted by molar-refractivity contribution is 5.79. The number of aromatic amines is 1. The van der Waals surface area contributed by atoms with E-state index in [1.54, 1.807) is 26.1 Å². The highest BCUT2D eigenvalue weighted by atomic mass is 16.5. The Balaban J connectivity index is 3.02. The standard InChI is InChI=1S/C11H12N2O3/c1-6-4-7-8(13(2)11(6)15)5-9(16-3)12-10(7)14/h4-5H,1-3H3,(H,12,14). The second-order valence-corrected chi connectivity index (χ2v) is 3.66. The fourth-order valence-electron chi connectivity index (χ4n) is 1.71. The Morgan fingerprint density at radius 1 is 1.31 bits per heavy atom. The average molecular weight is 220 g/mol. The van der Waals surface area contributed by atoms with Crippen molar-refractivity contribution in [3.63, 3.8) is 0 Å².